The van der Waals surface area contributed by atoms with Crippen molar-refractivity contribution in [3.05, 3.63) is 84.7 Å². The average Bonchev–Trinajstić information content (AvgIpc) is 3.50. The lowest BCUT2D eigenvalue weighted by atomic mass is 9.98. The summed E-state index contributed by atoms with van der Waals surface area (Å²) in [6.07, 6.45) is 7.83. The summed E-state index contributed by atoms with van der Waals surface area (Å²) in [7, 11) is 0. The zero-order chi connectivity index (χ0) is 26.0. The first-order valence-electron chi connectivity index (χ1n) is 14.0. The number of hydrogen-bond acceptors (Lipinski definition) is 5. The molecule has 3 aliphatic rings. The molecule has 0 bridgehead atoms. The number of hydrogen-bond donors (Lipinski definition) is 5. The molecular weight excluding hydrogens is 482 g/mol. The highest BCUT2D eigenvalue weighted by Crippen LogP contribution is 2.54. The standard InChI is InChI=1S/C32H33N7/c1-31(36-12-13-37-31)30-34-18-28(39-30)25-9-8-23-14-22(6-7-24(23)15-25)20-2-4-21(5-3-20)27-17-33-29(38-27)26-16-32(10-11-32)19-35-26/h2-9,14-15,17-18,26,35-37H,10-13,16,19H2,1H3,(H,33,38)(H,34,39). The van der Waals surface area contributed by atoms with E-state index < -0.39 is 0 Å². The Morgan fingerprint density at radius 1 is 0.718 bits per heavy atom. The quantitative estimate of drug-likeness (QED) is 0.214. The third-order valence-electron chi connectivity index (χ3n) is 9.06. The molecule has 0 amide bonds. The summed E-state index contributed by atoms with van der Waals surface area (Å²) in [5.74, 6) is 1.99. The predicted molar refractivity (Wildman–Crippen MR) is 155 cm³/mol. The molecule has 3 aromatic carbocycles. The van der Waals surface area contributed by atoms with E-state index >= 15 is 0 Å². The topological polar surface area (TPSA) is 93.5 Å². The number of imidazole rings is 2. The largest absolute Gasteiger partial charge is 0.341 e. The van der Waals surface area contributed by atoms with Crippen molar-refractivity contribution in [2.24, 2.45) is 5.41 Å². The van der Waals surface area contributed by atoms with Crippen molar-refractivity contribution in [3.8, 4) is 33.6 Å². The molecule has 7 nitrogen and oxygen atoms in total. The van der Waals surface area contributed by atoms with E-state index in [9.17, 15) is 0 Å². The summed E-state index contributed by atoms with van der Waals surface area (Å²) in [4.78, 5) is 16.4. The van der Waals surface area contributed by atoms with Gasteiger partial charge in [-0.2, -0.15) is 0 Å². The second-order valence-corrected chi connectivity index (χ2v) is 11.8. The lowest BCUT2D eigenvalue weighted by Crippen LogP contribution is -2.43. The number of aromatic amines is 2. The van der Waals surface area contributed by atoms with Gasteiger partial charge in [0.1, 0.15) is 17.3 Å². The van der Waals surface area contributed by atoms with Crippen LogP contribution in [0.2, 0.25) is 0 Å². The minimum absolute atomic E-state index is 0.300. The van der Waals surface area contributed by atoms with Crippen molar-refractivity contribution in [2.45, 2.75) is 37.9 Å². The predicted octanol–water partition coefficient (Wildman–Crippen LogP) is 5.47. The van der Waals surface area contributed by atoms with Gasteiger partial charge in [0, 0.05) is 25.2 Å². The molecule has 2 saturated heterocycles. The van der Waals surface area contributed by atoms with Crippen molar-refractivity contribution in [1.29, 1.82) is 0 Å². The Bertz CT molecular complexity index is 1670. The Morgan fingerprint density at radius 3 is 2.10 bits per heavy atom. The minimum atomic E-state index is -0.300. The summed E-state index contributed by atoms with van der Waals surface area (Å²) >= 11 is 0. The van der Waals surface area contributed by atoms with E-state index in [4.69, 9.17) is 4.98 Å². The second-order valence-electron chi connectivity index (χ2n) is 11.8. The molecule has 7 heteroatoms. The van der Waals surface area contributed by atoms with E-state index in [1.165, 1.54) is 41.2 Å². The molecule has 5 aromatic rings. The van der Waals surface area contributed by atoms with Gasteiger partial charge in [0.2, 0.25) is 0 Å². The Hall–Kier alpha value is -3.78. The van der Waals surface area contributed by atoms with Crippen molar-refractivity contribution in [1.82, 2.24) is 35.9 Å². The maximum atomic E-state index is 4.71. The molecule has 196 valence electrons. The third kappa shape index (κ3) is 4.09. The Morgan fingerprint density at radius 2 is 1.36 bits per heavy atom. The monoisotopic (exact) mass is 515 g/mol. The number of nitrogens with zero attached hydrogens (tertiary/aromatic N) is 2. The SMILES string of the molecule is CC1(c2ncc(-c3ccc4cc(-c5ccc(-c6cnc(C7CC8(CC8)CN7)[nH]6)cc5)ccc4c3)[nH]2)NCCN1. The molecule has 1 spiro atoms. The summed E-state index contributed by atoms with van der Waals surface area (Å²) in [5, 5.41) is 13.1. The van der Waals surface area contributed by atoms with Crippen molar-refractivity contribution < 1.29 is 0 Å². The molecular formula is C32H33N7. The Kier molecular flexibility index (Phi) is 5.11. The van der Waals surface area contributed by atoms with Gasteiger partial charge in [-0.1, -0.05) is 48.5 Å². The number of H-pyrrole nitrogens is 2. The van der Waals surface area contributed by atoms with Crippen molar-refractivity contribution in [2.75, 3.05) is 19.6 Å². The van der Waals surface area contributed by atoms with Gasteiger partial charge >= 0.3 is 0 Å². The number of nitrogens with one attached hydrogen (secondary N) is 5. The maximum Gasteiger partial charge on any atom is 0.141 e. The highest BCUT2D eigenvalue weighted by molar-refractivity contribution is 5.90. The molecule has 39 heavy (non-hydrogen) atoms. The molecule has 2 aliphatic heterocycles. The van der Waals surface area contributed by atoms with E-state index in [1.807, 2.05) is 12.4 Å². The lowest BCUT2D eigenvalue weighted by molar-refractivity contribution is 0.364. The summed E-state index contributed by atoms with van der Waals surface area (Å²) in [6, 6.07) is 22.4. The highest BCUT2D eigenvalue weighted by Gasteiger charge is 2.49. The van der Waals surface area contributed by atoms with E-state index in [-0.39, 0.29) is 5.66 Å². The maximum absolute atomic E-state index is 4.71. The minimum Gasteiger partial charge on any atom is -0.341 e. The molecule has 1 saturated carbocycles. The van der Waals surface area contributed by atoms with Crippen LogP contribution >= 0.6 is 0 Å². The smallest absolute Gasteiger partial charge is 0.141 e. The van der Waals surface area contributed by atoms with Crippen LogP contribution < -0.4 is 16.0 Å². The molecule has 1 unspecified atom stereocenters. The fourth-order valence-electron chi connectivity index (χ4n) is 6.34. The first-order chi connectivity index (χ1) is 19.1. The first-order valence-corrected chi connectivity index (χ1v) is 14.0. The number of rotatable bonds is 5. The van der Waals surface area contributed by atoms with Gasteiger partial charge in [0.15, 0.2) is 0 Å². The van der Waals surface area contributed by atoms with Gasteiger partial charge in [-0.25, -0.2) is 9.97 Å². The number of benzene rings is 3. The molecule has 5 N–H and O–H groups in total. The zero-order valence-corrected chi connectivity index (χ0v) is 22.1. The molecule has 1 atom stereocenters. The summed E-state index contributed by atoms with van der Waals surface area (Å²) < 4.78 is 0. The fourth-order valence-corrected chi connectivity index (χ4v) is 6.34. The van der Waals surface area contributed by atoms with Crippen LogP contribution in [0.5, 0.6) is 0 Å². The molecule has 0 radical (unpaired) electrons. The van der Waals surface area contributed by atoms with Gasteiger partial charge < -0.3 is 15.3 Å². The Labute approximate surface area is 227 Å². The number of aromatic nitrogens is 4. The van der Waals surface area contributed by atoms with Crippen LogP contribution in [0, 0.1) is 5.41 Å². The van der Waals surface area contributed by atoms with Crippen LogP contribution in [-0.2, 0) is 5.66 Å². The normalized spacial score (nSPS) is 21.2. The van der Waals surface area contributed by atoms with Gasteiger partial charge in [-0.15, -0.1) is 0 Å². The zero-order valence-electron chi connectivity index (χ0n) is 22.1. The van der Waals surface area contributed by atoms with Crippen LogP contribution in [0.1, 0.15) is 43.9 Å². The molecule has 1 aliphatic carbocycles. The van der Waals surface area contributed by atoms with Crippen LogP contribution in [0.15, 0.2) is 73.1 Å². The van der Waals surface area contributed by atoms with Crippen molar-refractivity contribution in [3.63, 3.8) is 0 Å². The van der Waals surface area contributed by atoms with Gasteiger partial charge in [0.25, 0.3) is 0 Å². The average molecular weight is 516 g/mol. The fraction of sp³-hybridized carbons (Fsp3) is 0.312. The van der Waals surface area contributed by atoms with E-state index in [2.05, 4.69) is 98.5 Å². The van der Waals surface area contributed by atoms with Crippen molar-refractivity contribution >= 4 is 10.8 Å². The molecule has 2 aromatic heterocycles. The molecule has 4 heterocycles. The number of fused-ring (bicyclic) bond motifs is 1. The molecule has 3 fully saturated rings. The highest BCUT2D eigenvalue weighted by atomic mass is 15.3. The van der Waals surface area contributed by atoms with Gasteiger partial charge in [-0.3, -0.25) is 10.6 Å². The van der Waals surface area contributed by atoms with Crippen LogP contribution in [0.3, 0.4) is 0 Å². The van der Waals surface area contributed by atoms with E-state index in [1.54, 1.807) is 0 Å². The van der Waals surface area contributed by atoms with E-state index in [0.29, 0.717) is 11.5 Å². The third-order valence-corrected chi connectivity index (χ3v) is 9.06. The van der Waals surface area contributed by atoms with E-state index in [0.717, 1.165) is 53.8 Å². The van der Waals surface area contributed by atoms with Crippen LogP contribution in [-0.4, -0.2) is 39.6 Å². The lowest BCUT2D eigenvalue weighted by Gasteiger charge is -2.21. The van der Waals surface area contributed by atoms with Gasteiger partial charge in [-0.05, 0) is 71.2 Å². The molecule has 8 rings (SSSR count). The Balaban J connectivity index is 1.01. The second kappa shape index (κ2) is 8.61. The van der Waals surface area contributed by atoms with Gasteiger partial charge in [0.05, 0.1) is 29.8 Å². The van der Waals surface area contributed by atoms with Crippen LogP contribution in [0.4, 0.5) is 0 Å². The first kappa shape index (κ1) is 23.1. The summed E-state index contributed by atoms with van der Waals surface area (Å²) in [5.41, 5.74) is 7.10. The summed E-state index contributed by atoms with van der Waals surface area (Å²) in [6.45, 7) is 5.14. The van der Waals surface area contributed by atoms with Crippen LogP contribution in [0.25, 0.3) is 44.4 Å².